The van der Waals surface area contributed by atoms with Crippen LogP contribution in [0.2, 0.25) is 0 Å². The molecule has 1 unspecified atom stereocenters. The van der Waals surface area contributed by atoms with Gasteiger partial charge in [0.15, 0.2) is 0 Å². The van der Waals surface area contributed by atoms with E-state index in [1.54, 1.807) is 6.20 Å². The number of rotatable bonds is 3. The lowest BCUT2D eigenvalue weighted by atomic mass is 9.89. The molecule has 3 heteroatoms. The molecule has 1 fully saturated rings. The van der Waals surface area contributed by atoms with Crippen molar-refractivity contribution in [3.05, 3.63) is 48.5 Å². The van der Waals surface area contributed by atoms with Crippen LogP contribution in [0.3, 0.4) is 0 Å². The fourth-order valence-corrected chi connectivity index (χ4v) is 2.53. The highest BCUT2D eigenvalue weighted by Gasteiger charge is 2.47. The van der Waals surface area contributed by atoms with E-state index in [-0.39, 0.29) is 11.5 Å². The molecule has 17 heavy (non-hydrogen) atoms. The first-order valence-electron chi connectivity index (χ1n) is 6.07. The molecule has 2 aromatic rings. The molecule has 0 radical (unpaired) electrons. The van der Waals surface area contributed by atoms with Crippen molar-refractivity contribution >= 4 is 0 Å². The molecule has 0 spiro atoms. The highest BCUT2D eigenvalue weighted by Crippen LogP contribution is 2.50. The number of imidazole rings is 1. The van der Waals surface area contributed by atoms with Gasteiger partial charge in [0.05, 0.1) is 6.33 Å². The van der Waals surface area contributed by atoms with Gasteiger partial charge in [0.25, 0.3) is 0 Å². The number of benzene rings is 1. The molecular formula is C14H17N3. The Balaban J connectivity index is 2.01. The van der Waals surface area contributed by atoms with Crippen molar-refractivity contribution in [2.24, 2.45) is 5.73 Å². The highest BCUT2D eigenvalue weighted by molar-refractivity contribution is 5.42. The molecule has 0 amide bonds. The second-order valence-electron chi connectivity index (χ2n) is 4.97. The van der Waals surface area contributed by atoms with Gasteiger partial charge in [-0.1, -0.05) is 12.1 Å². The van der Waals surface area contributed by atoms with E-state index in [1.165, 1.54) is 18.4 Å². The summed E-state index contributed by atoms with van der Waals surface area (Å²) in [6.07, 6.45) is 8.00. The zero-order valence-corrected chi connectivity index (χ0v) is 10.0. The second kappa shape index (κ2) is 3.70. The van der Waals surface area contributed by atoms with E-state index in [0.29, 0.717) is 0 Å². The third-order valence-electron chi connectivity index (χ3n) is 3.88. The zero-order chi connectivity index (χ0) is 11.9. The van der Waals surface area contributed by atoms with Gasteiger partial charge in [-0.25, -0.2) is 4.98 Å². The Bertz CT molecular complexity index is 510. The van der Waals surface area contributed by atoms with Gasteiger partial charge in [-0.3, -0.25) is 0 Å². The Kier molecular flexibility index (Phi) is 2.30. The van der Waals surface area contributed by atoms with Gasteiger partial charge >= 0.3 is 0 Å². The third kappa shape index (κ3) is 1.67. The molecule has 1 aliphatic carbocycles. The molecule has 3 rings (SSSR count). The van der Waals surface area contributed by atoms with E-state index < -0.39 is 0 Å². The Labute approximate surface area is 101 Å². The van der Waals surface area contributed by atoms with Crippen molar-refractivity contribution in [2.45, 2.75) is 31.2 Å². The molecule has 1 aromatic heterocycles. The van der Waals surface area contributed by atoms with Crippen LogP contribution < -0.4 is 5.73 Å². The fourth-order valence-electron chi connectivity index (χ4n) is 2.53. The molecule has 88 valence electrons. The van der Waals surface area contributed by atoms with Gasteiger partial charge in [0.2, 0.25) is 0 Å². The third-order valence-corrected chi connectivity index (χ3v) is 3.88. The lowest BCUT2D eigenvalue weighted by molar-refractivity contribution is 0.556. The molecule has 1 aromatic carbocycles. The number of hydrogen-bond donors (Lipinski definition) is 1. The van der Waals surface area contributed by atoms with Crippen LogP contribution in [-0.4, -0.2) is 15.6 Å². The predicted octanol–water partition coefficient (Wildman–Crippen LogP) is 2.25. The molecule has 1 atom stereocenters. The minimum Gasteiger partial charge on any atom is -0.327 e. The molecule has 1 aliphatic rings. The summed E-state index contributed by atoms with van der Waals surface area (Å²) < 4.78 is 2.03. The van der Waals surface area contributed by atoms with E-state index in [4.69, 9.17) is 5.73 Å². The smallest absolute Gasteiger partial charge is 0.0991 e. The first-order chi connectivity index (χ1) is 8.22. The molecular weight excluding hydrogens is 210 g/mol. The predicted molar refractivity (Wildman–Crippen MR) is 68.1 cm³/mol. The van der Waals surface area contributed by atoms with Crippen molar-refractivity contribution in [3.63, 3.8) is 0 Å². The van der Waals surface area contributed by atoms with Crippen LogP contribution in [0, 0.1) is 0 Å². The fraction of sp³-hybridized carbons (Fsp3) is 0.357. The van der Waals surface area contributed by atoms with Gasteiger partial charge < -0.3 is 10.3 Å². The minimum atomic E-state index is 0.219. The molecule has 0 aliphatic heterocycles. The van der Waals surface area contributed by atoms with Crippen LogP contribution in [0.25, 0.3) is 5.69 Å². The van der Waals surface area contributed by atoms with Crippen LogP contribution in [0.1, 0.15) is 25.3 Å². The van der Waals surface area contributed by atoms with Crippen molar-refractivity contribution < 1.29 is 0 Å². The zero-order valence-electron chi connectivity index (χ0n) is 10.0. The molecule has 1 heterocycles. The monoisotopic (exact) mass is 227 g/mol. The number of nitrogens with two attached hydrogens (primary N) is 1. The Morgan fingerprint density at radius 3 is 2.82 bits per heavy atom. The summed E-state index contributed by atoms with van der Waals surface area (Å²) >= 11 is 0. The lowest BCUT2D eigenvalue weighted by Crippen LogP contribution is -2.31. The standard InChI is InChI=1S/C14H17N3/c1-11(15)14(5-6-14)12-3-2-4-13(9-12)17-8-7-16-10-17/h2-4,7-11H,5-6,15H2,1H3. The van der Waals surface area contributed by atoms with Crippen LogP contribution in [0.4, 0.5) is 0 Å². The maximum Gasteiger partial charge on any atom is 0.0991 e. The highest BCUT2D eigenvalue weighted by atomic mass is 15.0. The maximum absolute atomic E-state index is 6.11. The first kappa shape index (κ1) is 10.5. The topological polar surface area (TPSA) is 43.8 Å². The van der Waals surface area contributed by atoms with Crippen LogP contribution in [0.5, 0.6) is 0 Å². The van der Waals surface area contributed by atoms with Gasteiger partial charge in [0, 0.05) is 29.5 Å². The van der Waals surface area contributed by atoms with E-state index >= 15 is 0 Å². The maximum atomic E-state index is 6.11. The Hall–Kier alpha value is -1.61. The Morgan fingerprint density at radius 1 is 1.41 bits per heavy atom. The summed E-state index contributed by atoms with van der Waals surface area (Å²) in [6.45, 7) is 2.11. The largest absolute Gasteiger partial charge is 0.327 e. The minimum absolute atomic E-state index is 0.219. The van der Waals surface area contributed by atoms with E-state index in [9.17, 15) is 0 Å². The summed E-state index contributed by atoms with van der Waals surface area (Å²) in [4.78, 5) is 4.08. The van der Waals surface area contributed by atoms with Crippen molar-refractivity contribution in [3.8, 4) is 5.69 Å². The summed E-state index contributed by atoms with van der Waals surface area (Å²) in [6, 6.07) is 8.85. The normalized spacial score (nSPS) is 18.9. The van der Waals surface area contributed by atoms with Gasteiger partial charge in [-0.05, 0) is 37.5 Å². The van der Waals surface area contributed by atoms with Gasteiger partial charge in [0.1, 0.15) is 0 Å². The van der Waals surface area contributed by atoms with Crippen LogP contribution in [0.15, 0.2) is 43.0 Å². The molecule has 3 nitrogen and oxygen atoms in total. The summed E-state index contributed by atoms with van der Waals surface area (Å²) in [5.74, 6) is 0. The van der Waals surface area contributed by atoms with Crippen molar-refractivity contribution in [2.75, 3.05) is 0 Å². The van der Waals surface area contributed by atoms with Crippen LogP contribution in [-0.2, 0) is 5.41 Å². The summed E-state index contributed by atoms with van der Waals surface area (Å²) in [7, 11) is 0. The SMILES string of the molecule is CC(N)C1(c2cccc(-n3ccnc3)c2)CC1. The van der Waals surface area contributed by atoms with Crippen molar-refractivity contribution in [1.29, 1.82) is 0 Å². The van der Waals surface area contributed by atoms with Crippen LogP contribution >= 0.6 is 0 Å². The first-order valence-corrected chi connectivity index (χ1v) is 6.07. The van der Waals surface area contributed by atoms with E-state index in [0.717, 1.165) is 5.69 Å². The summed E-state index contributed by atoms with van der Waals surface area (Å²) in [5.41, 5.74) is 8.85. The Morgan fingerprint density at radius 2 is 2.24 bits per heavy atom. The van der Waals surface area contributed by atoms with Crippen molar-refractivity contribution in [1.82, 2.24) is 9.55 Å². The average molecular weight is 227 g/mol. The second-order valence-corrected chi connectivity index (χ2v) is 4.97. The quantitative estimate of drug-likeness (QED) is 0.874. The molecule has 0 bridgehead atoms. The van der Waals surface area contributed by atoms with E-state index in [1.807, 2.05) is 17.1 Å². The lowest BCUT2D eigenvalue weighted by Gasteiger charge is -2.20. The molecule has 2 N–H and O–H groups in total. The van der Waals surface area contributed by atoms with E-state index in [2.05, 4.69) is 36.2 Å². The number of nitrogens with zero attached hydrogens (tertiary/aromatic N) is 2. The van der Waals surface area contributed by atoms with Gasteiger partial charge in [-0.2, -0.15) is 0 Å². The number of hydrogen-bond acceptors (Lipinski definition) is 2. The average Bonchev–Trinajstić information content (AvgIpc) is 2.98. The summed E-state index contributed by atoms with van der Waals surface area (Å²) in [5, 5.41) is 0. The molecule has 0 saturated heterocycles. The number of aromatic nitrogens is 2. The van der Waals surface area contributed by atoms with Gasteiger partial charge in [-0.15, -0.1) is 0 Å². The molecule has 1 saturated carbocycles.